The lowest BCUT2D eigenvalue weighted by molar-refractivity contribution is -0.210. The summed E-state index contributed by atoms with van der Waals surface area (Å²) in [4.78, 5) is 0. The number of hydrogen-bond donors (Lipinski definition) is 2. The number of aliphatic hydroxyl groups is 1. The summed E-state index contributed by atoms with van der Waals surface area (Å²) in [7, 11) is 0. The van der Waals surface area contributed by atoms with Crippen LogP contribution in [0.1, 0.15) is 24.1 Å². The Kier molecular flexibility index (Phi) is 4.59. The van der Waals surface area contributed by atoms with Crippen molar-refractivity contribution in [3.05, 3.63) is 29.3 Å². The highest BCUT2D eigenvalue weighted by molar-refractivity contribution is 5.38. The summed E-state index contributed by atoms with van der Waals surface area (Å²) < 4.78 is 41.4. The Balaban J connectivity index is 2.79. The molecular formula is C12H16F3NO2. The van der Waals surface area contributed by atoms with E-state index in [9.17, 15) is 13.2 Å². The summed E-state index contributed by atoms with van der Waals surface area (Å²) in [5, 5.41) is 8.85. The summed E-state index contributed by atoms with van der Waals surface area (Å²) >= 11 is 0. The van der Waals surface area contributed by atoms with Crippen LogP contribution >= 0.6 is 0 Å². The maximum Gasteiger partial charge on any atom is 0.417 e. The van der Waals surface area contributed by atoms with Crippen molar-refractivity contribution < 1.29 is 23.0 Å². The first-order valence-electron chi connectivity index (χ1n) is 5.45. The minimum atomic E-state index is -4.68. The molecule has 0 aliphatic rings. The lowest BCUT2D eigenvalue weighted by atomic mass is 10.1. The minimum Gasteiger partial charge on any atom is -0.490 e. The maximum atomic E-state index is 12.1. The maximum absolute atomic E-state index is 12.1. The lowest BCUT2D eigenvalue weighted by Gasteiger charge is -2.18. The number of alkyl halides is 3. The van der Waals surface area contributed by atoms with Gasteiger partial charge in [-0.15, -0.1) is 0 Å². The number of aryl methyl sites for hydroxylation is 1. The second-order valence-electron chi connectivity index (χ2n) is 4.20. The van der Waals surface area contributed by atoms with Crippen molar-refractivity contribution in [2.45, 2.75) is 32.2 Å². The van der Waals surface area contributed by atoms with Crippen LogP contribution in [0.15, 0.2) is 18.2 Å². The van der Waals surface area contributed by atoms with Gasteiger partial charge in [0.15, 0.2) is 6.10 Å². The Morgan fingerprint density at radius 1 is 1.39 bits per heavy atom. The average Bonchev–Trinajstić information content (AvgIpc) is 2.25. The molecule has 1 aromatic carbocycles. The molecule has 102 valence electrons. The standard InChI is InChI=1S/C12H16F3NO2/c1-7-3-4-10(9(5-7)8(2)16)18-6-11(17)12(13,14)15/h3-5,8,11,17H,6,16H2,1-2H3/t8-,11?/m0/s1. The number of rotatable bonds is 4. The largest absolute Gasteiger partial charge is 0.490 e. The van der Waals surface area contributed by atoms with Crippen LogP contribution in [0.4, 0.5) is 13.2 Å². The van der Waals surface area contributed by atoms with E-state index in [0.29, 0.717) is 5.56 Å². The van der Waals surface area contributed by atoms with Crippen LogP contribution in [0, 0.1) is 6.92 Å². The number of benzene rings is 1. The summed E-state index contributed by atoms with van der Waals surface area (Å²) in [6.45, 7) is 2.72. The predicted molar refractivity (Wildman–Crippen MR) is 61.3 cm³/mol. The fraction of sp³-hybridized carbons (Fsp3) is 0.500. The quantitative estimate of drug-likeness (QED) is 0.876. The van der Waals surface area contributed by atoms with Gasteiger partial charge in [0.05, 0.1) is 0 Å². The summed E-state index contributed by atoms with van der Waals surface area (Å²) in [6, 6.07) is 4.65. The second-order valence-corrected chi connectivity index (χ2v) is 4.20. The summed E-state index contributed by atoms with van der Waals surface area (Å²) in [5.41, 5.74) is 7.26. The van der Waals surface area contributed by atoms with E-state index < -0.39 is 18.9 Å². The molecule has 0 aromatic heterocycles. The fourth-order valence-electron chi connectivity index (χ4n) is 1.42. The number of nitrogens with two attached hydrogens (primary N) is 1. The van der Waals surface area contributed by atoms with Gasteiger partial charge in [-0.3, -0.25) is 0 Å². The second kappa shape index (κ2) is 5.58. The molecule has 0 aliphatic carbocycles. The van der Waals surface area contributed by atoms with Crippen LogP contribution in [0.2, 0.25) is 0 Å². The zero-order valence-corrected chi connectivity index (χ0v) is 10.2. The molecule has 1 aromatic rings. The zero-order valence-electron chi connectivity index (χ0n) is 10.2. The molecule has 0 aliphatic heterocycles. The van der Waals surface area contributed by atoms with E-state index in [1.807, 2.05) is 6.92 Å². The first-order valence-corrected chi connectivity index (χ1v) is 5.45. The molecule has 0 amide bonds. The Morgan fingerprint density at radius 3 is 2.50 bits per heavy atom. The Hall–Kier alpha value is -1.27. The molecule has 0 saturated heterocycles. The first kappa shape index (κ1) is 14.8. The number of ether oxygens (including phenoxy) is 1. The Bertz CT molecular complexity index is 405. The lowest BCUT2D eigenvalue weighted by Crippen LogP contribution is -2.34. The van der Waals surface area contributed by atoms with Crippen LogP contribution in [-0.2, 0) is 0 Å². The van der Waals surface area contributed by atoms with E-state index in [-0.39, 0.29) is 11.8 Å². The van der Waals surface area contributed by atoms with Crippen molar-refractivity contribution in [2.75, 3.05) is 6.61 Å². The molecular weight excluding hydrogens is 247 g/mol. The molecule has 1 rings (SSSR count). The van der Waals surface area contributed by atoms with Gasteiger partial charge in [-0.1, -0.05) is 17.7 Å². The molecule has 0 heterocycles. The minimum absolute atomic E-state index is 0.263. The van der Waals surface area contributed by atoms with Gasteiger partial charge in [-0.2, -0.15) is 13.2 Å². The molecule has 6 heteroatoms. The van der Waals surface area contributed by atoms with E-state index in [1.165, 1.54) is 0 Å². The van der Waals surface area contributed by atoms with Crippen LogP contribution in [0.25, 0.3) is 0 Å². The molecule has 18 heavy (non-hydrogen) atoms. The number of aliphatic hydroxyl groups excluding tert-OH is 1. The number of hydrogen-bond acceptors (Lipinski definition) is 3. The molecule has 0 fully saturated rings. The van der Waals surface area contributed by atoms with Gasteiger partial charge in [0.2, 0.25) is 0 Å². The van der Waals surface area contributed by atoms with Crippen LogP contribution in [0.5, 0.6) is 5.75 Å². The third-order valence-electron chi connectivity index (χ3n) is 2.43. The van der Waals surface area contributed by atoms with Gasteiger partial charge in [0, 0.05) is 11.6 Å². The number of halogens is 3. The third-order valence-corrected chi connectivity index (χ3v) is 2.43. The topological polar surface area (TPSA) is 55.5 Å². The van der Waals surface area contributed by atoms with Crippen molar-refractivity contribution in [2.24, 2.45) is 5.73 Å². The van der Waals surface area contributed by atoms with Crippen LogP contribution < -0.4 is 10.5 Å². The molecule has 1 unspecified atom stereocenters. The van der Waals surface area contributed by atoms with Crippen molar-refractivity contribution in [3.8, 4) is 5.75 Å². The van der Waals surface area contributed by atoms with E-state index in [0.717, 1.165) is 5.56 Å². The van der Waals surface area contributed by atoms with Gasteiger partial charge in [0.25, 0.3) is 0 Å². The van der Waals surface area contributed by atoms with Gasteiger partial charge in [0.1, 0.15) is 12.4 Å². The van der Waals surface area contributed by atoms with Crippen molar-refractivity contribution in [1.29, 1.82) is 0 Å². The zero-order chi connectivity index (χ0) is 13.9. The van der Waals surface area contributed by atoms with Gasteiger partial charge < -0.3 is 15.6 Å². The molecule has 3 nitrogen and oxygen atoms in total. The average molecular weight is 263 g/mol. The summed E-state index contributed by atoms with van der Waals surface area (Å²) in [5.74, 6) is 0.263. The van der Waals surface area contributed by atoms with Gasteiger partial charge in [-0.25, -0.2) is 0 Å². The Morgan fingerprint density at radius 2 is 2.00 bits per heavy atom. The van der Waals surface area contributed by atoms with Gasteiger partial charge >= 0.3 is 6.18 Å². The smallest absolute Gasteiger partial charge is 0.417 e. The Labute approximate surface area is 103 Å². The van der Waals surface area contributed by atoms with E-state index in [2.05, 4.69) is 0 Å². The highest BCUT2D eigenvalue weighted by Gasteiger charge is 2.38. The van der Waals surface area contributed by atoms with Crippen LogP contribution in [-0.4, -0.2) is 24.0 Å². The van der Waals surface area contributed by atoms with Gasteiger partial charge in [-0.05, 0) is 19.9 Å². The SMILES string of the molecule is Cc1ccc(OCC(O)C(F)(F)F)c([C@H](C)N)c1. The highest BCUT2D eigenvalue weighted by atomic mass is 19.4. The molecule has 0 bridgehead atoms. The summed E-state index contributed by atoms with van der Waals surface area (Å²) in [6.07, 6.45) is -7.18. The van der Waals surface area contributed by atoms with E-state index in [4.69, 9.17) is 15.6 Å². The molecule has 0 saturated carbocycles. The van der Waals surface area contributed by atoms with E-state index >= 15 is 0 Å². The van der Waals surface area contributed by atoms with Crippen LogP contribution in [0.3, 0.4) is 0 Å². The molecule has 0 radical (unpaired) electrons. The van der Waals surface area contributed by atoms with E-state index in [1.54, 1.807) is 25.1 Å². The monoisotopic (exact) mass is 263 g/mol. The molecule has 2 atom stereocenters. The third kappa shape index (κ3) is 3.89. The molecule has 3 N–H and O–H groups in total. The predicted octanol–water partition coefficient (Wildman–Crippen LogP) is 2.32. The molecule has 0 spiro atoms. The van der Waals surface area contributed by atoms with Crippen molar-refractivity contribution in [3.63, 3.8) is 0 Å². The normalized spacial score (nSPS) is 15.3. The first-order chi connectivity index (χ1) is 8.21. The van der Waals surface area contributed by atoms with Crippen molar-refractivity contribution in [1.82, 2.24) is 0 Å². The van der Waals surface area contributed by atoms with Crippen molar-refractivity contribution >= 4 is 0 Å². The fourth-order valence-corrected chi connectivity index (χ4v) is 1.42. The highest BCUT2D eigenvalue weighted by Crippen LogP contribution is 2.26.